The van der Waals surface area contributed by atoms with Crippen molar-refractivity contribution in [1.82, 2.24) is 9.62 Å². The normalized spacial score (nSPS) is 32.1. The first-order valence-corrected chi connectivity index (χ1v) is 11.7. The van der Waals surface area contributed by atoms with Gasteiger partial charge < -0.3 is 10.1 Å². The highest BCUT2D eigenvalue weighted by Crippen LogP contribution is 2.29. The molecule has 5 atom stereocenters. The summed E-state index contributed by atoms with van der Waals surface area (Å²) >= 11 is 0. The van der Waals surface area contributed by atoms with Crippen LogP contribution in [-0.2, 0) is 14.8 Å². The minimum Gasteiger partial charge on any atom is -0.373 e. The van der Waals surface area contributed by atoms with Crippen LogP contribution in [0.3, 0.4) is 0 Å². The lowest BCUT2D eigenvalue weighted by Crippen LogP contribution is -2.48. The standard InChI is InChI=1S/C21H32N2O4S/c1-14-6-5-7-20(17(14)4)22-21(24)18-8-10-19(11-9-18)28(25,26)23-12-15(2)27-16(3)13-23/h8-11,14-17,20H,5-7,12-13H2,1-4H3,(H,22,24). The molecule has 1 saturated heterocycles. The Bertz CT molecular complexity index is 783. The van der Waals surface area contributed by atoms with Crippen LogP contribution in [0.4, 0.5) is 0 Å². The van der Waals surface area contributed by atoms with Crippen LogP contribution >= 0.6 is 0 Å². The Morgan fingerprint density at radius 3 is 2.25 bits per heavy atom. The quantitative estimate of drug-likeness (QED) is 0.831. The van der Waals surface area contributed by atoms with Gasteiger partial charge in [-0.05, 0) is 56.4 Å². The maximum absolute atomic E-state index is 12.9. The van der Waals surface area contributed by atoms with E-state index in [9.17, 15) is 13.2 Å². The first kappa shape index (κ1) is 21.3. The number of carbonyl (C=O) groups excluding carboxylic acids is 1. The Hall–Kier alpha value is -1.44. The van der Waals surface area contributed by atoms with Crippen molar-refractivity contribution in [1.29, 1.82) is 0 Å². The molecule has 1 aliphatic carbocycles. The number of hydrogen-bond donors (Lipinski definition) is 1. The maximum atomic E-state index is 12.9. The molecule has 1 aromatic rings. The Kier molecular flexibility index (Phi) is 6.47. The van der Waals surface area contributed by atoms with Crippen LogP contribution < -0.4 is 5.32 Å². The molecule has 5 unspecified atom stereocenters. The number of sulfonamides is 1. The zero-order valence-electron chi connectivity index (χ0n) is 17.2. The summed E-state index contributed by atoms with van der Waals surface area (Å²) < 4.78 is 32.9. The monoisotopic (exact) mass is 408 g/mol. The molecule has 1 aliphatic heterocycles. The lowest BCUT2D eigenvalue weighted by atomic mass is 9.78. The summed E-state index contributed by atoms with van der Waals surface area (Å²) in [5.41, 5.74) is 0.494. The summed E-state index contributed by atoms with van der Waals surface area (Å²) in [6.07, 6.45) is 3.06. The van der Waals surface area contributed by atoms with Gasteiger partial charge in [0.25, 0.3) is 5.91 Å². The zero-order chi connectivity index (χ0) is 20.5. The molecule has 28 heavy (non-hydrogen) atoms. The predicted octanol–water partition coefficient (Wildman–Crippen LogP) is 3.04. The third-order valence-electron chi connectivity index (χ3n) is 6.16. The molecule has 1 heterocycles. The van der Waals surface area contributed by atoms with Crippen molar-refractivity contribution in [2.45, 2.75) is 70.1 Å². The van der Waals surface area contributed by atoms with Gasteiger partial charge in [0.2, 0.25) is 10.0 Å². The molecule has 0 bridgehead atoms. The highest BCUT2D eigenvalue weighted by atomic mass is 32.2. The van der Waals surface area contributed by atoms with Crippen LogP contribution in [0, 0.1) is 11.8 Å². The van der Waals surface area contributed by atoms with E-state index in [0.717, 1.165) is 12.8 Å². The third-order valence-corrected chi connectivity index (χ3v) is 8.01. The molecule has 6 nitrogen and oxygen atoms in total. The Balaban J connectivity index is 1.69. The Labute approximate surface area is 168 Å². The number of ether oxygens (including phenoxy) is 1. The molecule has 0 spiro atoms. The molecular formula is C21H32N2O4S. The molecule has 0 aromatic heterocycles. The molecule has 2 aliphatic rings. The molecular weight excluding hydrogens is 376 g/mol. The molecule has 156 valence electrons. The second kappa shape index (κ2) is 8.51. The SMILES string of the molecule is CC1CN(S(=O)(=O)c2ccc(C(=O)NC3CCCC(C)C3C)cc2)CC(C)O1. The summed E-state index contributed by atoms with van der Waals surface area (Å²) in [6.45, 7) is 8.85. The van der Waals surface area contributed by atoms with Gasteiger partial charge >= 0.3 is 0 Å². The van der Waals surface area contributed by atoms with Gasteiger partial charge in [0.15, 0.2) is 0 Å². The van der Waals surface area contributed by atoms with E-state index in [4.69, 9.17) is 4.74 Å². The van der Waals surface area contributed by atoms with Crippen molar-refractivity contribution in [2.75, 3.05) is 13.1 Å². The predicted molar refractivity (Wildman–Crippen MR) is 109 cm³/mol. The number of nitrogens with one attached hydrogen (secondary N) is 1. The van der Waals surface area contributed by atoms with Crippen molar-refractivity contribution in [3.05, 3.63) is 29.8 Å². The second-order valence-electron chi connectivity index (χ2n) is 8.45. The van der Waals surface area contributed by atoms with E-state index < -0.39 is 10.0 Å². The van der Waals surface area contributed by atoms with Gasteiger partial charge in [-0.15, -0.1) is 0 Å². The van der Waals surface area contributed by atoms with Gasteiger partial charge in [-0.1, -0.05) is 26.7 Å². The number of amides is 1. The number of morpholine rings is 1. The van der Waals surface area contributed by atoms with Crippen molar-refractivity contribution >= 4 is 15.9 Å². The number of rotatable bonds is 4. The van der Waals surface area contributed by atoms with E-state index in [-0.39, 0.29) is 29.1 Å². The van der Waals surface area contributed by atoms with Gasteiger partial charge in [-0.3, -0.25) is 4.79 Å². The number of nitrogens with zero attached hydrogens (tertiary/aromatic N) is 1. The second-order valence-corrected chi connectivity index (χ2v) is 10.4. The summed E-state index contributed by atoms with van der Waals surface area (Å²) in [4.78, 5) is 12.8. The zero-order valence-corrected chi connectivity index (χ0v) is 18.0. The largest absolute Gasteiger partial charge is 0.373 e. The van der Waals surface area contributed by atoms with E-state index in [2.05, 4.69) is 19.2 Å². The molecule has 2 fully saturated rings. The van der Waals surface area contributed by atoms with E-state index in [1.165, 1.54) is 22.9 Å². The maximum Gasteiger partial charge on any atom is 0.251 e. The van der Waals surface area contributed by atoms with Crippen LogP contribution in [0.1, 0.15) is 57.3 Å². The summed E-state index contributed by atoms with van der Waals surface area (Å²) in [7, 11) is -3.59. The fourth-order valence-electron chi connectivity index (χ4n) is 4.29. The van der Waals surface area contributed by atoms with Crippen LogP contribution in [-0.4, -0.2) is 50.0 Å². The fourth-order valence-corrected chi connectivity index (χ4v) is 5.88. The van der Waals surface area contributed by atoms with Crippen LogP contribution in [0.5, 0.6) is 0 Å². The Morgan fingerprint density at radius 1 is 1.04 bits per heavy atom. The highest BCUT2D eigenvalue weighted by molar-refractivity contribution is 7.89. The topological polar surface area (TPSA) is 75.7 Å². The average Bonchev–Trinajstić information content (AvgIpc) is 2.64. The van der Waals surface area contributed by atoms with Crippen LogP contribution in [0.25, 0.3) is 0 Å². The van der Waals surface area contributed by atoms with Gasteiger partial charge in [-0.25, -0.2) is 8.42 Å². The van der Waals surface area contributed by atoms with E-state index in [1.54, 1.807) is 12.1 Å². The minimum absolute atomic E-state index is 0.136. The van der Waals surface area contributed by atoms with E-state index >= 15 is 0 Å². The van der Waals surface area contributed by atoms with Gasteiger partial charge in [0.1, 0.15) is 0 Å². The third kappa shape index (κ3) is 4.58. The summed E-state index contributed by atoms with van der Waals surface area (Å²) in [6, 6.07) is 6.44. The Morgan fingerprint density at radius 2 is 1.64 bits per heavy atom. The number of hydrogen-bond acceptors (Lipinski definition) is 4. The van der Waals surface area contributed by atoms with Crippen molar-refractivity contribution in [2.24, 2.45) is 11.8 Å². The van der Waals surface area contributed by atoms with Gasteiger partial charge in [0.05, 0.1) is 17.1 Å². The lowest BCUT2D eigenvalue weighted by Gasteiger charge is -2.34. The van der Waals surface area contributed by atoms with Crippen molar-refractivity contribution in [3.8, 4) is 0 Å². The molecule has 7 heteroatoms. The summed E-state index contributed by atoms with van der Waals surface area (Å²) in [5.74, 6) is 0.913. The lowest BCUT2D eigenvalue weighted by molar-refractivity contribution is -0.0440. The first-order valence-electron chi connectivity index (χ1n) is 10.2. The highest BCUT2D eigenvalue weighted by Gasteiger charge is 2.32. The molecule has 1 N–H and O–H groups in total. The van der Waals surface area contributed by atoms with E-state index in [0.29, 0.717) is 30.5 Å². The van der Waals surface area contributed by atoms with Crippen LogP contribution in [0.2, 0.25) is 0 Å². The molecule has 1 aromatic carbocycles. The van der Waals surface area contributed by atoms with Crippen LogP contribution in [0.15, 0.2) is 29.2 Å². The average molecular weight is 409 g/mol. The molecule has 0 radical (unpaired) electrons. The molecule has 3 rings (SSSR count). The number of carbonyl (C=O) groups is 1. The van der Waals surface area contributed by atoms with Crippen molar-refractivity contribution < 1.29 is 17.9 Å². The molecule has 1 saturated carbocycles. The number of benzene rings is 1. The van der Waals surface area contributed by atoms with Gasteiger partial charge in [-0.2, -0.15) is 4.31 Å². The summed E-state index contributed by atoms with van der Waals surface area (Å²) in [5, 5.41) is 3.13. The fraction of sp³-hybridized carbons (Fsp3) is 0.667. The first-order chi connectivity index (χ1) is 13.2. The minimum atomic E-state index is -3.59. The smallest absolute Gasteiger partial charge is 0.251 e. The van der Waals surface area contributed by atoms with Gasteiger partial charge in [0, 0.05) is 24.7 Å². The van der Waals surface area contributed by atoms with E-state index in [1.807, 2.05) is 13.8 Å². The van der Waals surface area contributed by atoms with Crippen molar-refractivity contribution in [3.63, 3.8) is 0 Å². The molecule has 1 amide bonds.